The lowest BCUT2D eigenvalue weighted by molar-refractivity contribution is 0.342. The maximum absolute atomic E-state index is 12.1. The quantitative estimate of drug-likeness (QED) is 0.855. The lowest BCUT2D eigenvalue weighted by Gasteiger charge is -2.07. The minimum atomic E-state index is -1.02. The van der Waals surface area contributed by atoms with Crippen LogP contribution in [0.3, 0.4) is 0 Å². The summed E-state index contributed by atoms with van der Waals surface area (Å²) in [4.78, 5) is 0.858. The molecular formula is C17H21NO2S. The minimum Gasteiger partial charge on any atom is -0.493 e. The van der Waals surface area contributed by atoms with Crippen LogP contribution >= 0.6 is 0 Å². The first-order valence-corrected chi connectivity index (χ1v) is 8.38. The fraction of sp³-hybridized carbons (Fsp3) is 0.294. The maximum Gasteiger partial charge on any atom is 0.119 e. The third kappa shape index (κ3) is 4.99. The molecule has 2 aromatic carbocycles. The largest absolute Gasteiger partial charge is 0.493 e. The minimum absolute atomic E-state index is 0.441. The van der Waals surface area contributed by atoms with Gasteiger partial charge in [0, 0.05) is 4.90 Å². The molecule has 4 heteroatoms. The van der Waals surface area contributed by atoms with E-state index in [0.717, 1.165) is 22.6 Å². The van der Waals surface area contributed by atoms with Crippen molar-refractivity contribution in [3.63, 3.8) is 0 Å². The molecule has 0 spiro atoms. The smallest absolute Gasteiger partial charge is 0.119 e. The number of nitrogens with two attached hydrogens (primary N) is 1. The zero-order valence-electron chi connectivity index (χ0n) is 12.2. The van der Waals surface area contributed by atoms with Crippen LogP contribution in [-0.2, 0) is 17.2 Å². The summed E-state index contributed by atoms with van der Waals surface area (Å²) in [7, 11) is -1.02. The Kier molecular flexibility index (Phi) is 5.96. The molecule has 0 aliphatic heterocycles. The van der Waals surface area contributed by atoms with E-state index in [2.05, 4.69) is 0 Å². The fourth-order valence-corrected chi connectivity index (χ4v) is 3.05. The average Bonchev–Trinajstić information content (AvgIpc) is 2.49. The van der Waals surface area contributed by atoms with Crippen LogP contribution in [0.1, 0.15) is 11.1 Å². The highest BCUT2D eigenvalue weighted by Gasteiger charge is 2.04. The fourth-order valence-electron chi connectivity index (χ4n) is 2.03. The number of rotatable bonds is 7. The topological polar surface area (TPSA) is 52.3 Å². The van der Waals surface area contributed by atoms with Crippen molar-refractivity contribution in [3.05, 3.63) is 59.7 Å². The normalized spacial score (nSPS) is 12.1. The lowest BCUT2D eigenvalue weighted by Crippen LogP contribution is -2.09. The summed E-state index contributed by atoms with van der Waals surface area (Å²) in [5.41, 5.74) is 7.84. The molecule has 2 rings (SSSR count). The maximum atomic E-state index is 12.1. The average molecular weight is 303 g/mol. The Morgan fingerprint density at radius 1 is 1.14 bits per heavy atom. The zero-order valence-corrected chi connectivity index (χ0v) is 13.1. The van der Waals surface area contributed by atoms with Gasteiger partial charge in [0.2, 0.25) is 0 Å². The van der Waals surface area contributed by atoms with Gasteiger partial charge in [0.1, 0.15) is 12.4 Å². The van der Waals surface area contributed by atoms with Gasteiger partial charge in [0.15, 0.2) is 0 Å². The number of ether oxygens (including phenoxy) is 1. The van der Waals surface area contributed by atoms with Gasteiger partial charge < -0.3 is 10.5 Å². The Bertz CT molecular complexity index is 596. The van der Waals surface area contributed by atoms with Crippen LogP contribution in [0.2, 0.25) is 0 Å². The molecule has 0 aliphatic rings. The van der Waals surface area contributed by atoms with E-state index in [4.69, 9.17) is 10.5 Å². The van der Waals surface area contributed by atoms with Gasteiger partial charge in [0.05, 0.1) is 16.6 Å². The molecule has 2 N–H and O–H groups in total. The van der Waals surface area contributed by atoms with Gasteiger partial charge in [-0.05, 0) is 55.3 Å². The summed E-state index contributed by atoms with van der Waals surface area (Å²) in [5.74, 6) is 1.30. The molecule has 0 aromatic heterocycles. The number of hydrogen-bond acceptors (Lipinski definition) is 3. The summed E-state index contributed by atoms with van der Waals surface area (Å²) in [6.45, 7) is 3.09. The van der Waals surface area contributed by atoms with E-state index in [0.29, 0.717) is 18.9 Å². The van der Waals surface area contributed by atoms with Gasteiger partial charge in [-0.1, -0.05) is 24.3 Å². The van der Waals surface area contributed by atoms with Crippen molar-refractivity contribution in [2.24, 2.45) is 5.73 Å². The third-order valence-corrected chi connectivity index (χ3v) is 4.46. The van der Waals surface area contributed by atoms with E-state index < -0.39 is 10.8 Å². The lowest BCUT2D eigenvalue weighted by atomic mass is 10.1. The van der Waals surface area contributed by atoms with Crippen molar-refractivity contribution in [1.82, 2.24) is 0 Å². The molecule has 1 unspecified atom stereocenters. The second-order valence-corrected chi connectivity index (χ2v) is 6.47. The van der Waals surface area contributed by atoms with E-state index in [1.165, 1.54) is 5.56 Å². The zero-order chi connectivity index (χ0) is 15.1. The van der Waals surface area contributed by atoms with Crippen molar-refractivity contribution in [2.75, 3.05) is 18.9 Å². The van der Waals surface area contributed by atoms with E-state index >= 15 is 0 Å². The summed E-state index contributed by atoms with van der Waals surface area (Å²) in [5, 5.41) is 0. The van der Waals surface area contributed by atoms with Crippen LogP contribution in [0.4, 0.5) is 0 Å². The predicted molar refractivity (Wildman–Crippen MR) is 87.1 cm³/mol. The standard InChI is InChI=1S/C17H21NO2S/c1-14-3-2-4-17(13-14)21(19)12-11-20-16-7-5-15(6-8-16)9-10-18/h2-8,13H,9-12,18H2,1H3. The van der Waals surface area contributed by atoms with Crippen LogP contribution in [0.25, 0.3) is 0 Å². The molecule has 112 valence electrons. The monoisotopic (exact) mass is 303 g/mol. The van der Waals surface area contributed by atoms with Gasteiger partial charge >= 0.3 is 0 Å². The Labute approximate surface area is 128 Å². The van der Waals surface area contributed by atoms with Crippen molar-refractivity contribution in [1.29, 1.82) is 0 Å². The van der Waals surface area contributed by atoms with Crippen molar-refractivity contribution in [2.45, 2.75) is 18.2 Å². The van der Waals surface area contributed by atoms with Crippen LogP contribution in [-0.4, -0.2) is 23.1 Å². The highest BCUT2D eigenvalue weighted by atomic mass is 32.2. The molecule has 2 aromatic rings. The Morgan fingerprint density at radius 2 is 1.90 bits per heavy atom. The molecule has 0 amide bonds. The SMILES string of the molecule is Cc1cccc(S(=O)CCOc2ccc(CCN)cc2)c1. The van der Waals surface area contributed by atoms with Crippen LogP contribution in [0.15, 0.2) is 53.4 Å². The summed E-state index contributed by atoms with van der Waals surface area (Å²) in [6, 6.07) is 15.7. The van der Waals surface area contributed by atoms with E-state index in [1.807, 2.05) is 55.5 Å². The summed E-state index contributed by atoms with van der Waals surface area (Å²) < 4.78 is 17.8. The second-order valence-electron chi connectivity index (χ2n) is 4.90. The predicted octanol–water partition coefficient (Wildman–Crippen LogP) is 2.68. The first-order chi connectivity index (χ1) is 10.2. The third-order valence-electron chi connectivity index (χ3n) is 3.15. The number of hydrogen-bond donors (Lipinski definition) is 1. The summed E-state index contributed by atoms with van der Waals surface area (Å²) >= 11 is 0. The first kappa shape index (κ1) is 15.7. The van der Waals surface area contributed by atoms with Crippen molar-refractivity contribution >= 4 is 10.8 Å². The Morgan fingerprint density at radius 3 is 2.57 bits per heavy atom. The Balaban J connectivity index is 1.82. The highest BCUT2D eigenvalue weighted by Crippen LogP contribution is 2.13. The highest BCUT2D eigenvalue weighted by molar-refractivity contribution is 7.85. The molecule has 21 heavy (non-hydrogen) atoms. The van der Waals surface area contributed by atoms with E-state index in [-0.39, 0.29) is 0 Å². The van der Waals surface area contributed by atoms with Gasteiger partial charge in [-0.3, -0.25) is 4.21 Å². The van der Waals surface area contributed by atoms with Crippen molar-refractivity contribution < 1.29 is 8.95 Å². The van der Waals surface area contributed by atoms with Gasteiger partial charge in [-0.25, -0.2) is 0 Å². The summed E-state index contributed by atoms with van der Waals surface area (Å²) in [6.07, 6.45) is 0.873. The molecule has 0 bridgehead atoms. The molecule has 0 fully saturated rings. The van der Waals surface area contributed by atoms with Crippen molar-refractivity contribution in [3.8, 4) is 5.75 Å². The molecule has 1 atom stereocenters. The van der Waals surface area contributed by atoms with E-state index in [9.17, 15) is 4.21 Å². The molecule has 3 nitrogen and oxygen atoms in total. The van der Waals surface area contributed by atoms with E-state index in [1.54, 1.807) is 0 Å². The molecule has 0 saturated heterocycles. The molecule has 0 aliphatic carbocycles. The number of benzene rings is 2. The van der Waals surface area contributed by atoms with Crippen LogP contribution < -0.4 is 10.5 Å². The van der Waals surface area contributed by atoms with Gasteiger partial charge in [-0.2, -0.15) is 0 Å². The molecule has 0 saturated carbocycles. The first-order valence-electron chi connectivity index (χ1n) is 7.06. The second kappa shape index (κ2) is 7.96. The van der Waals surface area contributed by atoms with Crippen LogP contribution in [0, 0.1) is 6.92 Å². The van der Waals surface area contributed by atoms with Gasteiger partial charge in [0.25, 0.3) is 0 Å². The number of aryl methyl sites for hydroxylation is 1. The molecular weight excluding hydrogens is 282 g/mol. The molecule has 0 radical (unpaired) electrons. The van der Waals surface area contributed by atoms with Crippen LogP contribution in [0.5, 0.6) is 5.75 Å². The van der Waals surface area contributed by atoms with Gasteiger partial charge in [-0.15, -0.1) is 0 Å². The molecule has 0 heterocycles. The Hall–Kier alpha value is -1.65.